The van der Waals surface area contributed by atoms with Gasteiger partial charge in [-0.15, -0.1) is 0 Å². The molecule has 0 atom stereocenters. The van der Waals surface area contributed by atoms with Gasteiger partial charge in [0.2, 0.25) is 11.8 Å². The normalized spacial score (nSPS) is 14.4. The highest BCUT2D eigenvalue weighted by Gasteiger charge is 2.26. The van der Waals surface area contributed by atoms with Crippen molar-refractivity contribution in [3.05, 3.63) is 12.3 Å². The summed E-state index contributed by atoms with van der Waals surface area (Å²) >= 11 is 0. The largest absolute Gasteiger partial charge is 0.363 e. The lowest BCUT2D eigenvalue weighted by molar-refractivity contribution is -0.133. The van der Waals surface area contributed by atoms with Gasteiger partial charge in [0.25, 0.3) is 0 Å². The van der Waals surface area contributed by atoms with Gasteiger partial charge in [-0.2, -0.15) is 0 Å². The first-order chi connectivity index (χ1) is 8.15. The molecule has 1 aliphatic carbocycles. The summed E-state index contributed by atoms with van der Waals surface area (Å²) in [6.07, 6.45) is 3.67. The van der Waals surface area contributed by atoms with Crippen LogP contribution in [-0.4, -0.2) is 35.0 Å². The average molecular weight is 237 g/mol. The highest BCUT2D eigenvalue weighted by molar-refractivity contribution is 5.93. The van der Waals surface area contributed by atoms with Gasteiger partial charge in [-0.25, -0.2) is 0 Å². The van der Waals surface area contributed by atoms with Crippen molar-refractivity contribution in [2.45, 2.75) is 19.8 Å². The van der Waals surface area contributed by atoms with Crippen molar-refractivity contribution in [1.29, 1.82) is 0 Å². The number of amides is 2. The summed E-state index contributed by atoms with van der Waals surface area (Å²) in [5, 5.41) is 6.13. The summed E-state index contributed by atoms with van der Waals surface area (Å²) in [4.78, 5) is 24.6. The third-order valence-corrected chi connectivity index (χ3v) is 2.66. The maximum Gasteiger partial charge on any atom is 0.245 e. The zero-order chi connectivity index (χ0) is 12.3. The molecule has 1 N–H and O–H groups in total. The van der Waals surface area contributed by atoms with E-state index in [1.165, 1.54) is 13.2 Å². The molecule has 1 aromatic heterocycles. The molecule has 1 aromatic rings. The van der Waals surface area contributed by atoms with Crippen LogP contribution < -0.4 is 5.32 Å². The molecule has 17 heavy (non-hydrogen) atoms. The summed E-state index contributed by atoms with van der Waals surface area (Å²) in [5.74, 6) is 0.602. The van der Waals surface area contributed by atoms with Crippen molar-refractivity contribution < 1.29 is 14.1 Å². The number of aromatic nitrogens is 1. The number of hydrogen-bond donors (Lipinski definition) is 1. The quantitative estimate of drug-likeness (QED) is 0.824. The van der Waals surface area contributed by atoms with Crippen LogP contribution in [0.4, 0.5) is 5.82 Å². The zero-order valence-electron chi connectivity index (χ0n) is 9.68. The van der Waals surface area contributed by atoms with Crippen LogP contribution in [-0.2, 0) is 9.59 Å². The highest BCUT2D eigenvalue weighted by atomic mass is 16.5. The maximum atomic E-state index is 11.6. The number of carbonyl (C=O) groups excluding carboxylic acids is 2. The van der Waals surface area contributed by atoms with E-state index in [-0.39, 0.29) is 18.4 Å². The first kappa shape index (κ1) is 11.6. The third kappa shape index (κ3) is 3.58. The number of anilines is 1. The molecule has 1 saturated carbocycles. The minimum absolute atomic E-state index is 0.0681. The molecule has 2 amide bonds. The maximum absolute atomic E-state index is 11.6. The van der Waals surface area contributed by atoms with Gasteiger partial charge < -0.3 is 14.7 Å². The lowest BCUT2D eigenvalue weighted by atomic mass is 10.3. The number of hydrogen-bond acceptors (Lipinski definition) is 4. The summed E-state index contributed by atoms with van der Waals surface area (Å²) in [7, 11) is 0. The fourth-order valence-electron chi connectivity index (χ4n) is 1.55. The monoisotopic (exact) mass is 237 g/mol. The average Bonchev–Trinajstić information content (AvgIpc) is 2.93. The lowest BCUT2D eigenvalue weighted by Crippen LogP contribution is -2.38. The Bertz CT molecular complexity index is 398. The van der Waals surface area contributed by atoms with Gasteiger partial charge in [0.15, 0.2) is 5.82 Å². The van der Waals surface area contributed by atoms with Gasteiger partial charge in [-0.3, -0.25) is 9.59 Å². The van der Waals surface area contributed by atoms with Crippen LogP contribution in [0.5, 0.6) is 0 Å². The molecule has 1 aliphatic rings. The predicted molar refractivity (Wildman–Crippen MR) is 60.1 cm³/mol. The topological polar surface area (TPSA) is 75.4 Å². The van der Waals surface area contributed by atoms with E-state index in [1.807, 2.05) is 0 Å². The highest BCUT2D eigenvalue weighted by Crippen LogP contribution is 2.29. The van der Waals surface area contributed by atoms with Crippen molar-refractivity contribution in [2.75, 3.05) is 18.4 Å². The van der Waals surface area contributed by atoms with E-state index < -0.39 is 0 Å². The van der Waals surface area contributed by atoms with Crippen LogP contribution in [0.3, 0.4) is 0 Å². The standard InChI is InChI=1S/C11H15N3O3/c1-8(15)14(6-9-2-3-9)7-11(16)12-10-4-5-17-13-10/h4-5,9H,2-3,6-7H2,1H3,(H,12,13,16). The Kier molecular flexibility index (Phi) is 3.41. The molecule has 0 spiro atoms. The van der Waals surface area contributed by atoms with Gasteiger partial charge in [0.05, 0.1) is 6.54 Å². The van der Waals surface area contributed by atoms with E-state index in [0.29, 0.717) is 18.3 Å². The molecular weight excluding hydrogens is 222 g/mol. The van der Waals surface area contributed by atoms with Crippen LogP contribution in [0.1, 0.15) is 19.8 Å². The Balaban J connectivity index is 1.83. The predicted octanol–water partition coefficient (Wildman–Crippen LogP) is 0.872. The van der Waals surface area contributed by atoms with E-state index in [0.717, 1.165) is 12.8 Å². The number of rotatable bonds is 5. The first-order valence-corrected chi connectivity index (χ1v) is 5.61. The Morgan fingerprint density at radius 2 is 2.35 bits per heavy atom. The van der Waals surface area contributed by atoms with Crippen molar-refractivity contribution in [3.8, 4) is 0 Å². The van der Waals surface area contributed by atoms with E-state index in [1.54, 1.807) is 11.0 Å². The third-order valence-electron chi connectivity index (χ3n) is 2.66. The fraction of sp³-hybridized carbons (Fsp3) is 0.545. The van der Waals surface area contributed by atoms with Crippen LogP contribution in [0.15, 0.2) is 16.9 Å². The van der Waals surface area contributed by atoms with Gasteiger partial charge in [-0.05, 0) is 18.8 Å². The molecule has 0 saturated heterocycles. The molecule has 0 aliphatic heterocycles. The van der Waals surface area contributed by atoms with Gasteiger partial charge >= 0.3 is 0 Å². The van der Waals surface area contributed by atoms with E-state index in [9.17, 15) is 9.59 Å². The van der Waals surface area contributed by atoms with Crippen molar-refractivity contribution in [1.82, 2.24) is 10.1 Å². The van der Waals surface area contributed by atoms with Crippen LogP contribution >= 0.6 is 0 Å². The molecule has 1 fully saturated rings. The molecule has 92 valence electrons. The Morgan fingerprint density at radius 3 is 2.88 bits per heavy atom. The molecular formula is C11H15N3O3. The fourth-order valence-corrected chi connectivity index (χ4v) is 1.55. The summed E-state index contributed by atoms with van der Waals surface area (Å²) < 4.78 is 4.60. The number of nitrogens with one attached hydrogen (secondary N) is 1. The second-order valence-corrected chi connectivity index (χ2v) is 4.28. The molecule has 6 nitrogen and oxygen atoms in total. The SMILES string of the molecule is CC(=O)N(CC(=O)Nc1ccon1)CC1CC1. The summed E-state index contributed by atoms with van der Waals surface area (Å²) in [6.45, 7) is 2.21. The van der Waals surface area contributed by atoms with Crippen LogP contribution in [0.2, 0.25) is 0 Å². The zero-order valence-corrected chi connectivity index (χ0v) is 9.68. The molecule has 1 heterocycles. The molecule has 0 bridgehead atoms. The molecule has 0 unspecified atom stereocenters. The summed E-state index contributed by atoms with van der Waals surface area (Å²) in [6, 6.07) is 1.55. The Hall–Kier alpha value is -1.85. The minimum atomic E-state index is -0.255. The Labute approximate surface area is 98.9 Å². The minimum Gasteiger partial charge on any atom is -0.363 e. The van der Waals surface area contributed by atoms with Crippen LogP contribution in [0.25, 0.3) is 0 Å². The van der Waals surface area contributed by atoms with Gasteiger partial charge in [-0.1, -0.05) is 5.16 Å². The van der Waals surface area contributed by atoms with Gasteiger partial charge in [0, 0.05) is 19.5 Å². The van der Waals surface area contributed by atoms with Crippen molar-refractivity contribution in [2.24, 2.45) is 5.92 Å². The number of nitrogens with zero attached hydrogens (tertiary/aromatic N) is 2. The van der Waals surface area contributed by atoms with E-state index in [4.69, 9.17) is 0 Å². The van der Waals surface area contributed by atoms with E-state index >= 15 is 0 Å². The summed E-state index contributed by atoms with van der Waals surface area (Å²) in [5.41, 5.74) is 0. The van der Waals surface area contributed by atoms with Crippen LogP contribution in [0, 0.1) is 5.92 Å². The molecule has 6 heteroatoms. The van der Waals surface area contributed by atoms with Gasteiger partial charge in [0.1, 0.15) is 6.26 Å². The van der Waals surface area contributed by atoms with E-state index in [2.05, 4.69) is 15.0 Å². The first-order valence-electron chi connectivity index (χ1n) is 5.61. The Morgan fingerprint density at radius 1 is 1.59 bits per heavy atom. The van der Waals surface area contributed by atoms with Crippen molar-refractivity contribution >= 4 is 17.6 Å². The van der Waals surface area contributed by atoms with Crippen molar-refractivity contribution in [3.63, 3.8) is 0 Å². The lowest BCUT2D eigenvalue weighted by Gasteiger charge is -2.19. The molecule has 2 rings (SSSR count). The second kappa shape index (κ2) is 4.99. The smallest absolute Gasteiger partial charge is 0.245 e. The molecule has 0 radical (unpaired) electrons. The number of carbonyl (C=O) groups is 2. The second-order valence-electron chi connectivity index (χ2n) is 4.28. The molecule has 0 aromatic carbocycles.